The minimum absolute atomic E-state index is 0.0393. The number of fused-ring (bicyclic) bond motifs is 1. The van der Waals surface area contributed by atoms with Gasteiger partial charge >= 0.3 is 6.03 Å². The Balaban J connectivity index is 1.34. The molecule has 2 N–H and O–H groups in total. The predicted octanol–water partition coefficient (Wildman–Crippen LogP) is 3.76. The lowest BCUT2D eigenvalue weighted by Crippen LogP contribution is -2.42. The van der Waals surface area contributed by atoms with Crippen molar-refractivity contribution in [3.05, 3.63) is 65.2 Å². The first-order valence-electron chi connectivity index (χ1n) is 8.71. The maximum absolute atomic E-state index is 12.3. The van der Waals surface area contributed by atoms with Crippen molar-refractivity contribution in [1.29, 1.82) is 0 Å². The lowest BCUT2D eigenvalue weighted by atomic mass is 9.97. The van der Waals surface area contributed by atoms with E-state index < -0.39 is 0 Å². The van der Waals surface area contributed by atoms with Crippen molar-refractivity contribution in [2.75, 3.05) is 11.9 Å². The van der Waals surface area contributed by atoms with E-state index in [1.807, 2.05) is 36.4 Å². The standard InChI is InChI=1S/C20H22N2O3/c23-20(21-17-7-6-15-12-24-13-16(15)10-17)22-18-8-9-25-19(11-18)14-4-2-1-3-5-14/h1-7,10,18-19H,8-9,11-13H2,(H2,21,22,23)/t18-,19+/m0/s1. The number of ether oxygens (including phenoxy) is 2. The van der Waals surface area contributed by atoms with Gasteiger partial charge in [0.15, 0.2) is 0 Å². The van der Waals surface area contributed by atoms with Crippen LogP contribution < -0.4 is 10.6 Å². The molecule has 5 heteroatoms. The second-order valence-electron chi connectivity index (χ2n) is 6.57. The van der Waals surface area contributed by atoms with Gasteiger partial charge in [0.05, 0.1) is 19.3 Å². The summed E-state index contributed by atoms with van der Waals surface area (Å²) in [6, 6.07) is 16.0. The average Bonchev–Trinajstić information content (AvgIpc) is 3.10. The summed E-state index contributed by atoms with van der Waals surface area (Å²) in [5.74, 6) is 0. The van der Waals surface area contributed by atoms with E-state index in [1.54, 1.807) is 0 Å². The van der Waals surface area contributed by atoms with E-state index in [1.165, 1.54) is 5.56 Å². The Morgan fingerprint density at radius 1 is 1.04 bits per heavy atom. The number of urea groups is 1. The van der Waals surface area contributed by atoms with Crippen molar-refractivity contribution in [2.24, 2.45) is 0 Å². The van der Waals surface area contributed by atoms with Gasteiger partial charge in [0.25, 0.3) is 0 Å². The Bertz CT molecular complexity index is 748. The zero-order valence-electron chi connectivity index (χ0n) is 14.0. The highest BCUT2D eigenvalue weighted by Gasteiger charge is 2.25. The molecule has 4 rings (SSSR count). The molecule has 1 saturated heterocycles. The molecule has 1 fully saturated rings. The molecule has 0 unspecified atom stereocenters. The molecule has 2 aliphatic heterocycles. The topological polar surface area (TPSA) is 59.6 Å². The van der Waals surface area contributed by atoms with Gasteiger partial charge in [-0.3, -0.25) is 0 Å². The molecular formula is C20H22N2O3. The number of carbonyl (C=O) groups is 1. The van der Waals surface area contributed by atoms with Crippen LogP contribution in [0.15, 0.2) is 48.5 Å². The van der Waals surface area contributed by atoms with Crippen molar-refractivity contribution in [3.8, 4) is 0 Å². The normalized spacial score (nSPS) is 22.2. The van der Waals surface area contributed by atoms with Crippen molar-refractivity contribution >= 4 is 11.7 Å². The first-order chi connectivity index (χ1) is 12.3. The fraction of sp³-hybridized carbons (Fsp3) is 0.350. The number of nitrogens with one attached hydrogen (secondary N) is 2. The Kier molecular flexibility index (Phi) is 4.68. The van der Waals surface area contributed by atoms with E-state index in [2.05, 4.69) is 22.8 Å². The summed E-state index contributed by atoms with van der Waals surface area (Å²) >= 11 is 0. The van der Waals surface area contributed by atoms with Crippen molar-refractivity contribution in [3.63, 3.8) is 0 Å². The van der Waals surface area contributed by atoms with Gasteiger partial charge in [-0.2, -0.15) is 0 Å². The summed E-state index contributed by atoms with van der Waals surface area (Å²) < 4.78 is 11.3. The molecule has 0 aromatic heterocycles. The highest BCUT2D eigenvalue weighted by atomic mass is 16.5. The van der Waals surface area contributed by atoms with Crippen LogP contribution in [0, 0.1) is 0 Å². The molecule has 0 saturated carbocycles. The van der Waals surface area contributed by atoms with Gasteiger partial charge in [0.1, 0.15) is 0 Å². The van der Waals surface area contributed by atoms with Crippen molar-refractivity contribution in [2.45, 2.75) is 38.2 Å². The highest BCUT2D eigenvalue weighted by Crippen LogP contribution is 2.28. The maximum Gasteiger partial charge on any atom is 0.319 e. The monoisotopic (exact) mass is 338 g/mol. The molecular weight excluding hydrogens is 316 g/mol. The molecule has 130 valence electrons. The number of carbonyl (C=O) groups excluding carboxylic acids is 1. The minimum atomic E-state index is -0.169. The molecule has 2 aliphatic rings. The van der Waals surface area contributed by atoms with E-state index >= 15 is 0 Å². The van der Waals surface area contributed by atoms with Crippen LogP contribution in [0.1, 0.15) is 35.6 Å². The number of hydrogen-bond donors (Lipinski definition) is 2. The quantitative estimate of drug-likeness (QED) is 0.896. The molecule has 5 nitrogen and oxygen atoms in total. The number of rotatable bonds is 3. The summed E-state index contributed by atoms with van der Waals surface area (Å²) in [7, 11) is 0. The molecule has 25 heavy (non-hydrogen) atoms. The second-order valence-corrected chi connectivity index (χ2v) is 6.57. The van der Waals surface area contributed by atoms with Crippen molar-refractivity contribution in [1.82, 2.24) is 5.32 Å². The largest absolute Gasteiger partial charge is 0.373 e. The van der Waals surface area contributed by atoms with Crippen LogP contribution in [0.5, 0.6) is 0 Å². The Morgan fingerprint density at radius 3 is 2.76 bits per heavy atom. The third-order valence-electron chi connectivity index (χ3n) is 4.77. The Labute approximate surface area is 147 Å². The molecule has 0 bridgehead atoms. The summed E-state index contributed by atoms with van der Waals surface area (Å²) in [6.45, 7) is 1.93. The average molecular weight is 338 g/mol. The van der Waals surface area contributed by atoms with Crippen LogP contribution in [-0.2, 0) is 22.7 Å². The minimum Gasteiger partial charge on any atom is -0.373 e. The number of benzene rings is 2. The molecule has 2 amide bonds. The lowest BCUT2D eigenvalue weighted by Gasteiger charge is -2.30. The van der Waals surface area contributed by atoms with Gasteiger partial charge in [0, 0.05) is 18.3 Å². The molecule has 2 heterocycles. The van der Waals surface area contributed by atoms with Crippen molar-refractivity contribution < 1.29 is 14.3 Å². The zero-order valence-corrected chi connectivity index (χ0v) is 14.0. The zero-order chi connectivity index (χ0) is 17.1. The number of amides is 2. The predicted molar refractivity (Wildman–Crippen MR) is 95.2 cm³/mol. The second kappa shape index (κ2) is 7.25. The first-order valence-corrected chi connectivity index (χ1v) is 8.71. The summed E-state index contributed by atoms with van der Waals surface area (Å²) in [6.07, 6.45) is 1.65. The van der Waals surface area contributed by atoms with E-state index in [-0.39, 0.29) is 18.2 Å². The van der Waals surface area contributed by atoms with Crippen LogP contribution in [0.2, 0.25) is 0 Å². The van der Waals surface area contributed by atoms with Crippen LogP contribution in [0.4, 0.5) is 10.5 Å². The third kappa shape index (κ3) is 3.83. The third-order valence-corrected chi connectivity index (χ3v) is 4.77. The van der Waals surface area contributed by atoms with E-state index in [0.717, 1.165) is 29.7 Å². The molecule has 2 aromatic carbocycles. The fourth-order valence-electron chi connectivity index (χ4n) is 3.43. The van der Waals surface area contributed by atoms with Gasteiger partial charge in [-0.25, -0.2) is 4.79 Å². The van der Waals surface area contributed by atoms with Gasteiger partial charge in [-0.1, -0.05) is 36.4 Å². The number of anilines is 1. The molecule has 0 spiro atoms. The van der Waals surface area contributed by atoms with Gasteiger partial charge < -0.3 is 20.1 Å². The van der Waals surface area contributed by atoms with Gasteiger partial charge in [0.2, 0.25) is 0 Å². The molecule has 2 atom stereocenters. The van der Waals surface area contributed by atoms with Gasteiger partial charge in [-0.15, -0.1) is 0 Å². The Morgan fingerprint density at radius 2 is 1.88 bits per heavy atom. The smallest absolute Gasteiger partial charge is 0.319 e. The maximum atomic E-state index is 12.3. The lowest BCUT2D eigenvalue weighted by molar-refractivity contribution is 0.00254. The molecule has 2 aromatic rings. The van der Waals surface area contributed by atoms with Gasteiger partial charge in [-0.05, 0) is 41.7 Å². The molecule has 0 radical (unpaired) electrons. The van der Waals surface area contributed by atoms with Crippen LogP contribution >= 0.6 is 0 Å². The summed E-state index contributed by atoms with van der Waals surface area (Å²) in [4.78, 5) is 12.3. The number of hydrogen-bond acceptors (Lipinski definition) is 3. The Hall–Kier alpha value is -2.37. The van der Waals surface area contributed by atoms with E-state index in [0.29, 0.717) is 19.8 Å². The SMILES string of the molecule is O=C(Nc1ccc2c(c1)COC2)N[C@H]1CCO[C@@H](c2ccccc2)C1. The summed E-state index contributed by atoms with van der Waals surface area (Å²) in [5.41, 5.74) is 4.30. The van der Waals surface area contributed by atoms with E-state index in [4.69, 9.17) is 9.47 Å². The first kappa shape index (κ1) is 16.1. The van der Waals surface area contributed by atoms with Crippen LogP contribution in [0.3, 0.4) is 0 Å². The summed E-state index contributed by atoms with van der Waals surface area (Å²) in [5, 5.41) is 6.00. The molecule has 0 aliphatic carbocycles. The van der Waals surface area contributed by atoms with Crippen LogP contribution in [-0.4, -0.2) is 18.7 Å². The highest BCUT2D eigenvalue weighted by molar-refractivity contribution is 5.89. The van der Waals surface area contributed by atoms with E-state index in [9.17, 15) is 4.79 Å². The fourth-order valence-corrected chi connectivity index (χ4v) is 3.43. The van der Waals surface area contributed by atoms with Crippen LogP contribution in [0.25, 0.3) is 0 Å².